The van der Waals surface area contributed by atoms with Gasteiger partial charge in [0.25, 0.3) is 0 Å². The number of rotatable bonds is 4. The Kier molecular flexibility index (Phi) is 3.62. The molecule has 1 heterocycles. The summed E-state index contributed by atoms with van der Waals surface area (Å²) < 4.78 is 7.05. The topological polar surface area (TPSA) is 52.0 Å². The molecule has 0 aliphatic rings. The monoisotopic (exact) mass is 246 g/mol. The number of nitrogens with zero attached hydrogens (tertiary/aromatic N) is 3. The van der Waals surface area contributed by atoms with Gasteiger partial charge in [-0.1, -0.05) is 12.1 Å². The first-order chi connectivity index (χ1) is 8.67. The normalized spacial score (nSPS) is 12.4. The van der Waals surface area contributed by atoms with Crippen molar-refractivity contribution >= 4 is 0 Å². The van der Waals surface area contributed by atoms with Crippen LogP contribution < -0.4 is 10.1 Å². The molecule has 18 heavy (non-hydrogen) atoms. The van der Waals surface area contributed by atoms with Crippen LogP contribution in [0.2, 0.25) is 0 Å². The van der Waals surface area contributed by atoms with Crippen LogP contribution in [0.25, 0.3) is 0 Å². The Bertz CT molecular complexity index is 536. The second kappa shape index (κ2) is 5.18. The fourth-order valence-electron chi connectivity index (χ4n) is 2.09. The van der Waals surface area contributed by atoms with Gasteiger partial charge in [-0.25, -0.2) is 4.98 Å². The predicted molar refractivity (Wildman–Crippen MR) is 69.6 cm³/mol. The molecule has 0 amide bonds. The molecule has 5 nitrogen and oxygen atoms in total. The Balaban J connectivity index is 2.40. The van der Waals surface area contributed by atoms with E-state index in [9.17, 15) is 0 Å². The fourth-order valence-corrected chi connectivity index (χ4v) is 2.09. The van der Waals surface area contributed by atoms with Crippen LogP contribution in [-0.2, 0) is 7.05 Å². The highest BCUT2D eigenvalue weighted by atomic mass is 16.5. The van der Waals surface area contributed by atoms with E-state index in [1.54, 1.807) is 18.1 Å². The van der Waals surface area contributed by atoms with Crippen LogP contribution in [0.1, 0.15) is 23.0 Å². The molecule has 0 spiro atoms. The average Bonchev–Trinajstić information content (AvgIpc) is 2.77. The van der Waals surface area contributed by atoms with E-state index in [1.807, 2.05) is 33.2 Å². The molecule has 1 aromatic heterocycles. The van der Waals surface area contributed by atoms with Gasteiger partial charge in [0.1, 0.15) is 17.9 Å². The van der Waals surface area contributed by atoms with Gasteiger partial charge in [0.2, 0.25) is 0 Å². The zero-order valence-electron chi connectivity index (χ0n) is 11.1. The number of benzene rings is 1. The maximum Gasteiger partial charge on any atom is 0.148 e. The van der Waals surface area contributed by atoms with Gasteiger partial charge in [0.15, 0.2) is 0 Å². The summed E-state index contributed by atoms with van der Waals surface area (Å²) in [5, 5.41) is 7.37. The molecule has 0 bridgehead atoms. The SMILES string of the molecule is CNC(c1ccc(OC)c(C)c1)c1ncnn1C. The maximum atomic E-state index is 5.27. The van der Waals surface area contributed by atoms with Crippen molar-refractivity contribution in [2.45, 2.75) is 13.0 Å². The lowest BCUT2D eigenvalue weighted by Gasteiger charge is -2.17. The Morgan fingerprint density at radius 3 is 2.67 bits per heavy atom. The van der Waals surface area contributed by atoms with Crippen molar-refractivity contribution in [1.29, 1.82) is 0 Å². The molecular formula is C13H18N4O. The van der Waals surface area contributed by atoms with Gasteiger partial charge in [0.05, 0.1) is 13.2 Å². The van der Waals surface area contributed by atoms with Crippen molar-refractivity contribution in [3.05, 3.63) is 41.5 Å². The molecule has 1 atom stereocenters. The number of nitrogens with one attached hydrogen (secondary N) is 1. The lowest BCUT2D eigenvalue weighted by Crippen LogP contribution is -2.21. The highest BCUT2D eigenvalue weighted by Crippen LogP contribution is 2.25. The highest BCUT2D eigenvalue weighted by Gasteiger charge is 2.17. The fraction of sp³-hybridized carbons (Fsp3) is 0.385. The van der Waals surface area contributed by atoms with Gasteiger partial charge in [-0.2, -0.15) is 5.10 Å². The molecule has 2 rings (SSSR count). The second-order valence-corrected chi connectivity index (χ2v) is 4.19. The zero-order chi connectivity index (χ0) is 13.1. The van der Waals surface area contributed by atoms with E-state index in [1.165, 1.54) is 0 Å². The second-order valence-electron chi connectivity index (χ2n) is 4.19. The van der Waals surface area contributed by atoms with E-state index >= 15 is 0 Å². The summed E-state index contributed by atoms with van der Waals surface area (Å²) >= 11 is 0. The maximum absolute atomic E-state index is 5.27. The summed E-state index contributed by atoms with van der Waals surface area (Å²) in [5.41, 5.74) is 2.25. The van der Waals surface area contributed by atoms with Gasteiger partial charge < -0.3 is 10.1 Å². The molecule has 0 saturated carbocycles. The van der Waals surface area contributed by atoms with E-state index in [0.29, 0.717) is 0 Å². The molecule has 1 N–H and O–H groups in total. The van der Waals surface area contributed by atoms with Gasteiger partial charge in [0, 0.05) is 7.05 Å². The summed E-state index contributed by atoms with van der Waals surface area (Å²) in [6.07, 6.45) is 1.57. The lowest BCUT2D eigenvalue weighted by molar-refractivity contribution is 0.411. The van der Waals surface area contributed by atoms with Gasteiger partial charge >= 0.3 is 0 Å². The van der Waals surface area contributed by atoms with Gasteiger partial charge in [-0.3, -0.25) is 4.68 Å². The van der Waals surface area contributed by atoms with Gasteiger partial charge in [-0.15, -0.1) is 0 Å². The lowest BCUT2D eigenvalue weighted by atomic mass is 10.0. The van der Waals surface area contributed by atoms with Crippen LogP contribution in [0.4, 0.5) is 0 Å². The molecule has 1 unspecified atom stereocenters. The number of aryl methyl sites for hydroxylation is 2. The Morgan fingerprint density at radius 1 is 1.39 bits per heavy atom. The minimum atomic E-state index is 0.0297. The van der Waals surface area contributed by atoms with E-state index in [4.69, 9.17) is 4.74 Å². The summed E-state index contributed by atoms with van der Waals surface area (Å²) in [4.78, 5) is 4.29. The first kappa shape index (κ1) is 12.6. The third-order valence-electron chi connectivity index (χ3n) is 3.05. The van der Waals surface area contributed by atoms with Crippen molar-refractivity contribution < 1.29 is 4.74 Å². The molecular weight excluding hydrogens is 228 g/mol. The Labute approximate surface area is 107 Å². The third kappa shape index (κ3) is 2.22. The summed E-state index contributed by atoms with van der Waals surface area (Å²) in [7, 11) is 5.49. The molecule has 0 radical (unpaired) electrons. The molecule has 0 aliphatic carbocycles. The minimum Gasteiger partial charge on any atom is -0.496 e. The Hall–Kier alpha value is -1.88. The highest BCUT2D eigenvalue weighted by molar-refractivity contribution is 5.38. The quantitative estimate of drug-likeness (QED) is 0.887. The first-order valence-corrected chi connectivity index (χ1v) is 5.83. The predicted octanol–water partition coefficient (Wildman–Crippen LogP) is 1.44. The standard InChI is InChI=1S/C13H18N4O/c1-9-7-10(5-6-11(9)18-4)12(14-2)13-15-8-16-17(13)3/h5-8,12,14H,1-4H3. The summed E-state index contributed by atoms with van der Waals surface area (Å²) in [5.74, 6) is 1.79. The van der Waals surface area contributed by atoms with Crippen molar-refractivity contribution in [2.75, 3.05) is 14.2 Å². The molecule has 0 saturated heterocycles. The number of hydrogen-bond acceptors (Lipinski definition) is 4. The van der Waals surface area contributed by atoms with Crippen LogP contribution in [0, 0.1) is 6.92 Å². The average molecular weight is 246 g/mol. The van der Waals surface area contributed by atoms with E-state index < -0.39 is 0 Å². The van der Waals surface area contributed by atoms with Gasteiger partial charge in [-0.05, 0) is 31.2 Å². The Morgan fingerprint density at radius 2 is 2.17 bits per heavy atom. The van der Waals surface area contributed by atoms with Crippen molar-refractivity contribution in [3.63, 3.8) is 0 Å². The van der Waals surface area contributed by atoms with Crippen molar-refractivity contribution in [1.82, 2.24) is 20.1 Å². The molecule has 0 fully saturated rings. The number of ether oxygens (including phenoxy) is 1. The largest absolute Gasteiger partial charge is 0.496 e. The summed E-state index contributed by atoms with van der Waals surface area (Å²) in [6, 6.07) is 6.16. The molecule has 5 heteroatoms. The van der Waals surface area contributed by atoms with E-state index in [2.05, 4.69) is 21.5 Å². The van der Waals surface area contributed by atoms with Crippen molar-refractivity contribution in [2.24, 2.45) is 7.05 Å². The van der Waals surface area contributed by atoms with Crippen LogP contribution >= 0.6 is 0 Å². The number of aromatic nitrogens is 3. The molecule has 0 aliphatic heterocycles. The van der Waals surface area contributed by atoms with E-state index in [-0.39, 0.29) is 6.04 Å². The zero-order valence-corrected chi connectivity index (χ0v) is 11.1. The van der Waals surface area contributed by atoms with Crippen LogP contribution in [0.5, 0.6) is 5.75 Å². The summed E-state index contributed by atoms with van der Waals surface area (Å²) in [6.45, 7) is 2.03. The van der Waals surface area contributed by atoms with E-state index in [0.717, 1.165) is 22.7 Å². The molecule has 1 aromatic carbocycles. The molecule has 2 aromatic rings. The van der Waals surface area contributed by atoms with Crippen LogP contribution in [0.3, 0.4) is 0 Å². The van der Waals surface area contributed by atoms with Crippen molar-refractivity contribution in [3.8, 4) is 5.75 Å². The molecule has 96 valence electrons. The smallest absolute Gasteiger partial charge is 0.148 e. The number of hydrogen-bond donors (Lipinski definition) is 1. The van der Waals surface area contributed by atoms with Crippen LogP contribution in [-0.4, -0.2) is 28.9 Å². The van der Waals surface area contributed by atoms with Crippen LogP contribution in [0.15, 0.2) is 24.5 Å². The third-order valence-corrected chi connectivity index (χ3v) is 3.05. The minimum absolute atomic E-state index is 0.0297. The number of methoxy groups -OCH3 is 1. The first-order valence-electron chi connectivity index (χ1n) is 5.83.